The lowest BCUT2D eigenvalue weighted by atomic mass is 9.88. The molecule has 1 aliphatic heterocycles. The molecule has 0 aliphatic carbocycles. The van der Waals surface area contributed by atoms with Gasteiger partial charge in [-0.05, 0) is 83.3 Å². The molecule has 0 saturated carbocycles. The molecule has 2 aromatic rings. The van der Waals surface area contributed by atoms with Crippen molar-refractivity contribution in [3.8, 4) is 11.5 Å². The maximum Gasteiger partial charge on any atom is 0.410 e. The second kappa shape index (κ2) is 8.89. The summed E-state index contributed by atoms with van der Waals surface area (Å²) in [6, 6.07) is 9.77. The van der Waals surface area contributed by atoms with Crippen LogP contribution < -0.4 is 15.2 Å². The molecule has 2 aromatic carbocycles. The maximum atomic E-state index is 12.6. The summed E-state index contributed by atoms with van der Waals surface area (Å²) in [6.45, 7) is 2.73. The monoisotopic (exact) mass is 496 g/mol. The molecule has 1 amide bonds. The number of anilines is 1. The quantitative estimate of drug-likeness (QED) is 0.497. The van der Waals surface area contributed by atoms with E-state index in [-0.39, 0.29) is 12.1 Å². The summed E-state index contributed by atoms with van der Waals surface area (Å²) in [7, 11) is 3.24. The third-order valence-electron chi connectivity index (χ3n) is 5.03. The van der Waals surface area contributed by atoms with Crippen molar-refractivity contribution in [1.82, 2.24) is 4.90 Å². The Kier molecular flexibility index (Phi) is 6.53. The molecule has 1 aliphatic rings. The summed E-state index contributed by atoms with van der Waals surface area (Å²) in [5.41, 5.74) is 10.2. The van der Waals surface area contributed by atoms with Crippen LogP contribution in [0.4, 0.5) is 10.5 Å². The van der Waals surface area contributed by atoms with Gasteiger partial charge >= 0.3 is 6.09 Å². The first-order valence-electron chi connectivity index (χ1n) is 9.20. The molecule has 0 radical (unpaired) electrons. The van der Waals surface area contributed by atoms with Gasteiger partial charge in [-0.1, -0.05) is 6.07 Å². The van der Waals surface area contributed by atoms with Gasteiger partial charge in [-0.15, -0.1) is 0 Å². The number of hydrogen-bond acceptors (Lipinski definition) is 5. The first-order chi connectivity index (χ1) is 13.5. The molecule has 6 nitrogen and oxygen atoms in total. The molecular formula is C21H25IN2O4. The molecule has 150 valence electrons. The summed E-state index contributed by atoms with van der Waals surface area (Å²) in [5, 5.41) is 0. The van der Waals surface area contributed by atoms with Crippen molar-refractivity contribution in [3.63, 3.8) is 0 Å². The van der Waals surface area contributed by atoms with Gasteiger partial charge in [-0.25, -0.2) is 4.79 Å². The molecule has 0 fully saturated rings. The number of nitrogens with two attached hydrogens (primary N) is 1. The zero-order chi connectivity index (χ0) is 20.3. The topological polar surface area (TPSA) is 74.0 Å². The smallest absolute Gasteiger partial charge is 0.410 e. The van der Waals surface area contributed by atoms with Gasteiger partial charge in [0.05, 0.1) is 26.9 Å². The number of halogens is 1. The Hall–Kier alpha value is -2.16. The van der Waals surface area contributed by atoms with Gasteiger partial charge < -0.3 is 24.8 Å². The number of benzene rings is 2. The molecule has 7 heteroatoms. The van der Waals surface area contributed by atoms with Gasteiger partial charge in [0, 0.05) is 15.8 Å². The fraction of sp³-hybridized carbons (Fsp3) is 0.381. The second-order valence-electron chi connectivity index (χ2n) is 6.61. The van der Waals surface area contributed by atoms with Gasteiger partial charge in [0.15, 0.2) is 11.5 Å². The Morgan fingerprint density at radius 3 is 2.57 bits per heavy atom. The molecule has 0 unspecified atom stereocenters. The number of methoxy groups -OCH3 is 2. The van der Waals surface area contributed by atoms with Crippen molar-refractivity contribution in [2.24, 2.45) is 0 Å². The fourth-order valence-electron chi connectivity index (χ4n) is 3.63. The maximum absolute atomic E-state index is 12.6. The number of fused-ring (bicyclic) bond motifs is 1. The fourth-order valence-corrected chi connectivity index (χ4v) is 4.15. The molecule has 1 heterocycles. The highest BCUT2D eigenvalue weighted by Gasteiger charge is 2.33. The molecular weight excluding hydrogens is 471 g/mol. The van der Waals surface area contributed by atoms with Gasteiger partial charge in [0.2, 0.25) is 0 Å². The van der Waals surface area contributed by atoms with Crippen molar-refractivity contribution < 1.29 is 19.0 Å². The average Bonchev–Trinajstić information content (AvgIpc) is 2.69. The van der Waals surface area contributed by atoms with E-state index in [1.54, 1.807) is 19.1 Å². The van der Waals surface area contributed by atoms with Crippen molar-refractivity contribution in [2.75, 3.05) is 33.1 Å². The van der Waals surface area contributed by atoms with Crippen LogP contribution in [0.1, 0.15) is 29.7 Å². The van der Waals surface area contributed by atoms with E-state index in [1.807, 2.05) is 37.3 Å². The molecule has 0 bridgehead atoms. The van der Waals surface area contributed by atoms with Crippen LogP contribution in [0.5, 0.6) is 11.5 Å². The van der Waals surface area contributed by atoms with Crippen LogP contribution in [0.25, 0.3) is 0 Å². The van der Waals surface area contributed by atoms with E-state index in [2.05, 4.69) is 22.6 Å². The molecule has 1 atom stereocenters. The number of amides is 1. The first-order valence-corrected chi connectivity index (χ1v) is 10.3. The highest BCUT2D eigenvalue weighted by atomic mass is 127. The summed E-state index contributed by atoms with van der Waals surface area (Å²) in [4.78, 5) is 14.4. The van der Waals surface area contributed by atoms with E-state index in [4.69, 9.17) is 19.9 Å². The van der Waals surface area contributed by atoms with Crippen LogP contribution in [-0.2, 0) is 17.6 Å². The molecule has 0 aromatic heterocycles. The zero-order valence-corrected chi connectivity index (χ0v) is 18.5. The van der Waals surface area contributed by atoms with E-state index < -0.39 is 0 Å². The van der Waals surface area contributed by atoms with Crippen molar-refractivity contribution >= 4 is 34.4 Å². The van der Waals surface area contributed by atoms with Crippen molar-refractivity contribution in [2.45, 2.75) is 25.8 Å². The molecule has 0 spiro atoms. The molecule has 28 heavy (non-hydrogen) atoms. The number of hydrogen-bond donors (Lipinski definition) is 1. The predicted molar refractivity (Wildman–Crippen MR) is 117 cm³/mol. The number of rotatable bonds is 5. The lowest BCUT2D eigenvalue weighted by molar-refractivity contribution is 0.0863. The van der Waals surface area contributed by atoms with Gasteiger partial charge in [-0.2, -0.15) is 0 Å². The normalized spacial score (nSPS) is 15.7. The molecule has 3 rings (SSSR count). The predicted octanol–water partition coefficient (Wildman–Crippen LogP) is 4.19. The van der Waals surface area contributed by atoms with E-state index in [9.17, 15) is 4.79 Å². The first kappa shape index (κ1) is 20.6. The summed E-state index contributed by atoms with van der Waals surface area (Å²) in [5.74, 6) is 1.34. The van der Waals surface area contributed by atoms with Crippen molar-refractivity contribution in [1.29, 1.82) is 0 Å². The van der Waals surface area contributed by atoms with Crippen LogP contribution in [0.15, 0.2) is 30.3 Å². The van der Waals surface area contributed by atoms with Crippen LogP contribution in [0, 0.1) is 3.57 Å². The summed E-state index contributed by atoms with van der Waals surface area (Å²) >= 11 is 2.24. The van der Waals surface area contributed by atoms with E-state index in [0.29, 0.717) is 31.1 Å². The Labute approximate surface area is 179 Å². The minimum atomic E-state index is -0.308. The highest BCUT2D eigenvalue weighted by Crippen LogP contribution is 2.40. The highest BCUT2D eigenvalue weighted by molar-refractivity contribution is 14.1. The van der Waals surface area contributed by atoms with E-state index in [1.165, 1.54) is 0 Å². The standard InChI is InChI=1S/C21H25IN2O4/c1-4-28-21(25)24-8-7-13-10-19(26-2)20(27-3)12-16(13)18(24)9-14-5-6-15(22)11-17(14)23/h5-6,10-12,18H,4,7-9,23H2,1-3H3/t18-/m1/s1. The number of carbonyl (C=O) groups excluding carboxylic acids is 1. The van der Waals surface area contributed by atoms with Gasteiger partial charge in [0.25, 0.3) is 0 Å². The minimum absolute atomic E-state index is 0.190. The lowest BCUT2D eigenvalue weighted by Crippen LogP contribution is -2.41. The van der Waals surface area contributed by atoms with Crippen LogP contribution >= 0.6 is 22.6 Å². The van der Waals surface area contributed by atoms with Crippen LogP contribution in [0.2, 0.25) is 0 Å². The third-order valence-corrected chi connectivity index (χ3v) is 5.70. The van der Waals surface area contributed by atoms with Gasteiger partial charge in [0.1, 0.15) is 0 Å². The van der Waals surface area contributed by atoms with Crippen molar-refractivity contribution in [3.05, 3.63) is 50.6 Å². The summed E-state index contributed by atoms with van der Waals surface area (Å²) in [6.07, 6.45) is 1.02. The number of nitrogens with zero attached hydrogens (tertiary/aromatic N) is 1. The summed E-state index contributed by atoms with van der Waals surface area (Å²) < 4.78 is 17.3. The largest absolute Gasteiger partial charge is 0.493 e. The Bertz CT molecular complexity index is 872. The Morgan fingerprint density at radius 1 is 1.21 bits per heavy atom. The Balaban J connectivity index is 2.05. The number of carbonyl (C=O) groups is 1. The Morgan fingerprint density at radius 2 is 1.93 bits per heavy atom. The molecule has 0 saturated heterocycles. The van der Waals surface area contributed by atoms with Gasteiger partial charge in [-0.3, -0.25) is 0 Å². The number of nitrogen functional groups attached to an aromatic ring is 1. The third kappa shape index (κ3) is 4.14. The van der Waals surface area contributed by atoms with Crippen LogP contribution in [-0.4, -0.2) is 38.4 Å². The SMILES string of the molecule is CCOC(=O)N1CCc2cc(OC)c(OC)cc2[C@H]1Cc1ccc(I)cc1N. The van der Waals surface area contributed by atoms with E-state index in [0.717, 1.165) is 32.4 Å². The second-order valence-corrected chi connectivity index (χ2v) is 7.86. The zero-order valence-electron chi connectivity index (χ0n) is 16.3. The van der Waals surface area contributed by atoms with E-state index >= 15 is 0 Å². The average molecular weight is 496 g/mol. The van der Waals surface area contributed by atoms with Crippen LogP contribution in [0.3, 0.4) is 0 Å². The lowest BCUT2D eigenvalue weighted by Gasteiger charge is -2.37. The molecule has 2 N–H and O–H groups in total. The number of ether oxygens (including phenoxy) is 3. The minimum Gasteiger partial charge on any atom is -0.493 e.